The Morgan fingerprint density at radius 1 is 1.50 bits per heavy atom. The van der Waals surface area contributed by atoms with Crippen molar-refractivity contribution in [1.82, 2.24) is 9.78 Å². The first kappa shape index (κ1) is 11.7. The fourth-order valence-corrected chi connectivity index (χ4v) is 3.06. The smallest absolute Gasteiger partial charge is 0.122 e. The zero-order valence-electron chi connectivity index (χ0n) is 10.1. The SMILES string of the molecule is Cn1nc(CN)c(Br)c1-c1ccc2c(c1)CCO2. The van der Waals surface area contributed by atoms with Gasteiger partial charge in [-0.2, -0.15) is 5.10 Å². The summed E-state index contributed by atoms with van der Waals surface area (Å²) in [7, 11) is 1.93. The lowest BCUT2D eigenvalue weighted by Crippen LogP contribution is -1.99. The monoisotopic (exact) mass is 307 g/mol. The minimum absolute atomic E-state index is 0.433. The highest BCUT2D eigenvalue weighted by Crippen LogP contribution is 2.34. The molecule has 1 aromatic heterocycles. The molecule has 94 valence electrons. The Kier molecular flexibility index (Phi) is 2.87. The lowest BCUT2D eigenvalue weighted by atomic mass is 10.1. The van der Waals surface area contributed by atoms with Gasteiger partial charge in [0.25, 0.3) is 0 Å². The van der Waals surface area contributed by atoms with Crippen molar-refractivity contribution in [2.24, 2.45) is 12.8 Å². The van der Waals surface area contributed by atoms with Gasteiger partial charge in [0.1, 0.15) is 5.75 Å². The Morgan fingerprint density at radius 2 is 2.33 bits per heavy atom. The van der Waals surface area contributed by atoms with Gasteiger partial charge in [-0.1, -0.05) is 0 Å². The number of benzene rings is 1. The maximum atomic E-state index is 5.68. The molecule has 1 aromatic carbocycles. The van der Waals surface area contributed by atoms with E-state index in [1.165, 1.54) is 5.56 Å². The van der Waals surface area contributed by atoms with Gasteiger partial charge in [-0.3, -0.25) is 4.68 Å². The van der Waals surface area contributed by atoms with Gasteiger partial charge in [0, 0.05) is 25.6 Å². The van der Waals surface area contributed by atoms with E-state index in [9.17, 15) is 0 Å². The summed E-state index contributed by atoms with van der Waals surface area (Å²) in [6.07, 6.45) is 0.975. The van der Waals surface area contributed by atoms with E-state index in [0.717, 1.165) is 40.2 Å². The minimum atomic E-state index is 0.433. The van der Waals surface area contributed by atoms with E-state index in [0.29, 0.717) is 6.54 Å². The van der Waals surface area contributed by atoms with Crippen molar-refractivity contribution in [2.45, 2.75) is 13.0 Å². The molecule has 2 aromatic rings. The van der Waals surface area contributed by atoms with E-state index in [2.05, 4.69) is 33.2 Å². The van der Waals surface area contributed by atoms with Crippen molar-refractivity contribution in [2.75, 3.05) is 6.61 Å². The molecule has 5 heteroatoms. The Hall–Kier alpha value is -1.33. The Morgan fingerprint density at radius 3 is 3.06 bits per heavy atom. The van der Waals surface area contributed by atoms with Crippen LogP contribution in [0.1, 0.15) is 11.3 Å². The summed E-state index contributed by atoms with van der Waals surface area (Å²) in [5.41, 5.74) is 10.0. The second-order valence-corrected chi connectivity index (χ2v) is 5.15. The van der Waals surface area contributed by atoms with E-state index in [1.54, 1.807) is 0 Å². The Balaban J connectivity index is 2.12. The van der Waals surface area contributed by atoms with Crippen molar-refractivity contribution < 1.29 is 4.74 Å². The molecule has 0 saturated carbocycles. The van der Waals surface area contributed by atoms with Crippen LogP contribution >= 0.6 is 15.9 Å². The average Bonchev–Trinajstić information content (AvgIpc) is 2.93. The van der Waals surface area contributed by atoms with Gasteiger partial charge < -0.3 is 10.5 Å². The van der Waals surface area contributed by atoms with Crippen molar-refractivity contribution in [3.63, 3.8) is 0 Å². The number of nitrogens with zero attached hydrogens (tertiary/aromatic N) is 2. The summed E-state index contributed by atoms with van der Waals surface area (Å²) < 4.78 is 8.37. The van der Waals surface area contributed by atoms with Gasteiger partial charge in [-0.05, 0) is 39.7 Å². The Labute approximate surface area is 114 Å². The first-order chi connectivity index (χ1) is 8.70. The number of hydrogen-bond donors (Lipinski definition) is 1. The molecule has 0 aliphatic carbocycles. The number of rotatable bonds is 2. The van der Waals surface area contributed by atoms with Gasteiger partial charge in [-0.25, -0.2) is 0 Å². The van der Waals surface area contributed by atoms with E-state index in [-0.39, 0.29) is 0 Å². The van der Waals surface area contributed by atoms with Crippen LogP contribution in [-0.4, -0.2) is 16.4 Å². The lowest BCUT2D eigenvalue weighted by molar-refractivity contribution is 0.357. The van der Waals surface area contributed by atoms with Gasteiger partial charge in [0.05, 0.1) is 22.5 Å². The van der Waals surface area contributed by atoms with E-state index in [4.69, 9.17) is 10.5 Å². The van der Waals surface area contributed by atoms with Crippen LogP contribution in [0.4, 0.5) is 0 Å². The molecule has 1 aliphatic heterocycles. The molecule has 0 spiro atoms. The van der Waals surface area contributed by atoms with Gasteiger partial charge in [0.15, 0.2) is 0 Å². The van der Waals surface area contributed by atoms with Crippen LogP contribution in [0.2, 0.25) is 0 Å². The summed E-state index contributed by atoms with van der Waals surface area (Å²) in [4.78, 5) is 0. The lowest BCUT2D eigenvalue weighted by Gasteiger charge is -2.05. The highest BCUT2D eigenvalue weighted by molar-refractivity contribution is 9.10. The second kappa shape index (κ2) is 4.40. The van der Waals surface area contributed by atoms with Crippen LogP contribution in [0.5, 0.6) is 5.75 Å². The zero-order chi connectivity index (χ0) is 12.7. The zero-order valence-corrected chi connectivity index (χ0v) is 11.7. The van der Waals surface area contributed by atoms with Crippen LogP contribution in [0.25, 0.3) is 11.3 Å². The fraction of sp³-hybridized carbons (Fsp3) is 0.308. The van der Waals surface area contributed by atoms with E-state index < -0.39 is 0 Å². The van der Waals surface area contributed by atoms with E-state index in [1.807, 2.05) is 17.8 Å². The third-order valence-corrected chi connectivity index (χ3v) is 4.05. The topological polar surface area (TPSA) is 53.1 Å². The summed E-state index contributed by atoms with van der Waals surface area (Å²) >= 11 is 3.59. The third kappa shape index (κ3) is 1.74. The summed E-state index contributed by atoms with van der Waals surface area (Å²) in [6.45, 7) is 1.21. The molecule has 2 N–H and O–H groups in total. The molecule has 18 heavy (non-hydrogen) atoms. The first-order valence-corrected chi connectivity index (χ1v) is 6.67. The Bertz CT molecular complexity index is 607. The number of nitrogens with two attached hydrogens (primary N) is 1. The van der Waals surface area contributed by atoms with Crippen LogP contribution in [0.15, 0.2) is 22.7 Å². The van der Waals surface area contributed by atoms with E-state index >= 15 is 0 Å². The van der Waals surface area contributed by atoms with Crippen molar-refractivity contribution in [3.05, 3.63) is 33.9 Å². The molecule has 0 fully saturated rings. The standard InChI is InChI=1S/C13H14BrN3O/c1-17-13(12(14)10(7-15)16-17)9-2-3-11-8(6-9)4-5-18-11/h2-3,6H,4-5,7,15H2,1H3. The summed E-state index contributed by atoms with van der Waals surface area (Å²) in [5, 5.41) is 4.41. The molecule has 3 rings (SSSR count). The quantitative estimate of drug-likeness (QED) is 0.926. The molecule has 0 bridgehead atoms. The average molecular weight is 308 g/mol. The molecule has 1 aliphatic rings. The molecule has 4 nitrogen and oxygen atoms in total. The van der Waals surface area contributed by atoms with Crippen molar-refractivity contribution >= 4 is 15.9 Å². The third-order valence-electron chi connectivity index (χ3n) is 3.21. The number of aryl methyl sites for hydroxylation is 1. The van der Waals surface area contributed by atoms with Gasteiger partial charge in [-0.15, -0.1) is 0 Å². The molecule has 0 atom stereocenters. The number of hydrogen-bond acceptors (Lipinski definition) is 3. The molecule has 2 heterocycles. The predicted octanol–water partition coefficient (Wildman–Crippen LogP) is 2.24. The molecule has 0 saturated heterocycles. The summed E-state index contributed by atoms with van der Waals surface area (Å²) in [5.74, 6) is 0.996. The number of ether oxygens (including phenoxy) is 1. The fourth-order valence-electron chi connectivity index (χ4n) is 2.33. The van der Waals surface area contributed by atoms with Gasteiger partial charge >= 0.3 is 0 Å². The maximum Gasteiger partial charge on any atom is 0.122 e. The van der Waals surface area contributed by atoms with Crippen LogP contribution in [0, 0.1) is 0 Å². The minimum Gasteiger partial charge on any atom is -0.493 e. The predicted molar refractivity (Wildman–Crippen MR) is 73.4 cm³/mol. The number of aromatic nitrogens is 2. The largest absolute Gasteiger partial charge is 0.493 e. The number of fused-ring (bicyclic) bond motifs is 1. The molecule has 0 unspecified atom stereocenters. The van der Waals surface area contributed by atoms with Crippen LogP contribution < -0.4 is 10.5 Å². The summed E-state index contributed by atoms with van der Waals surface area (Å²) in [6, 6.07) is 6.26. The van der Waals surface area contributed by atoms with Crippen LogP contribution in [0.3, 0.4) is 0 Å². The second-order valence-electron chi connectivity index (χ2n) is 4.36. The number of halogens is 1. The first-order valence-electron chi connectivity index (χ1n) is 5.88. The molecular formula is C13H14BrN3O. The molecule has 0 radical (unpaired) electrons. The van der Waals surface area contributed by atoms with Crippen LogP contribution in [-0.2, 0) is 20.0 Å². The maximum absolute atomic E-state index is 5.68. The molecular weight excluding hydrogens is 294 g/mol. The normalized spacial score (nSPS) is 13.5. The van der Waals surface area contributed by atoms with Crippen molar-refractivity contribution in [1.29, 1.82) is 0 Å². The molecule has 0 amide bonds. The van der Waals surface area contributed by atoms with Crippen molar-refractivity contribution in [3.8, 4) is 17.0 Å². The highest BCUT2D eigenvalue weighted by atomic mass is 79.9. The highest BCUT2D eigenvalue weighted by Gasteiger charge is 2.18. The van der Waals surface area contributed by atoms with Gasteiger partial charge in [0.2, 0.25) is 0 Å².